The van der Waals surface area contributed by atoms with E-state index in [9.17, 15) is 0 Å². The lowest BCUT2D eigenvalue weighted by Crippen LogP contribution is -2.17. The first-order chi connectivity index (χ1) is 9.56. The highest BCUT2D eigenvalue weighted by Crippen LogP contribution is 2.25. The van der Waals surface area contributed by atoms with Gasteiger partial charge in [-0.15, -0.1) is 0 Å². The fraction of sp³-hybridized carbons (Fsp3) is 0.467. The first-order valence-corrected chi connectivity index (χ1v) is 7.36. The largest absolute Gasteiger partial charge is 0.322 e. The van der Waals surface area contributed by atoms with Crippen molar-refractivity contribution in [1.29, 1.82) is 0 Å². The number of rotatable bonds is 5. The summed E-state index contributed by atoms with van der Waals surface area (Å²) < 4.78 is 1.94. The van der Waals surface area contributed by atoms with Crippen LogP contribution in [0, 0.1) is 6.92 Å². The Morgan fingerprint density at radius 3 is 2.75 bits per heavy atom. The monoisotopic (exact) mass is 292 g/mol. The van der Waals surface area contributed by atoms with Gasteiger partial charge in [0.25, 0.3) is 0 Å². The maximum absolute atomic E-state index is 6.41. The standard InChI is InChI=1S/C15H21ClN4/c1-4-12-15(16)14(20(5-2)19-12)9-11(17)13-8-10(3)6-7-18-13/h6-8,11H,4-5,9,17H2,1-3H3. The van der Waals surface area contributed by atoms with E-state index in [-0.39, 0.29) is 6.04 Å². The Hall–Kier alpha value is -1.39. The lowest BCUT2D eigenvalue weighted by atomic mass is 10.1. The van der Waals surface area contributed by atoms with Gasteiger partial charge in [0.05, 0.1) is 28.1 Å². The van der Waals surface area contributed by atoms with Gasteiger partial charge in [0, 0.05) is 19.2 Å². The van der Waals surface area contributed by atoms with E-state index in [1.165, 1.54) is 0 Å². The number of aromatic nitrogens is 3. The second-order valence-corrected chi connectivity index (χ2v) is 5.32. The Balaban J connectivity index is 2.27. The molecule has 0 saturated heterocycles. The molecule has 4 nitrogen and oxygen atoms in total. The minimum atomic E-state index is -0.167. The van der Waals surface area contributed by atoms with Gasteiger partial charge >= 0.3 is 0 Å². The zero-order valence-corrected chi connectivity index (χ0v) is 13.0. The van der Waals surface area contributed by atoms with Gasteiger partial charge in [0.1, 0.15) is 0 Å². The van der Waals surface area contributed by atoms with Crippen LogP contribution in [-0.4, -0.2) is 14.8 Å². The molecule has 0 aliphatic carbocycles. The van der Waals surface area contributed by atoms with Gasteiger partial charge < -0.3 is 5.73 Å². The second kappa shape index (κ2) is 6.37. The van der Waals surface area contributed by atoms with Gasteiger partial charge in [-0.3, -0.25) is 9.67 Å². The topological polar surface area (TPSA) is 56.7 Å². The molecule has 0 aromatic carbocycles. The number of hydrogen-bond acceptors (Lipinski definition) is 3. The first-order valence-electron chi connectivity index (χ1n) is 6.99. The highest BCUT2D eigenvalue weighted by molar-refractivity contribution is 6.31. The number of aryl methyl sites for hydroxylation is 3. The van der Waals surface area contributed by atoms with E-state index in [1.54, 1.807) is 6.20 Å². The molecule has 0 amide bonds. The molecule has 2 N–H and O–H groups in total. The van der Waals surface area contributed by atoms with Crippen molar-refractivity contribution in [2.24, 2.45) is 5.73 Å². The Kier molecular flexibility index (Phi) is 4.78. The number of hydrogen-bond donors (Lipinski definition) is 1. The Bertz CT molecular complexity index is 592. The molecule has 5 heteroatoms. The molecule has 0 radical (unpaired) electrons. The van der Waals surface area contributed by atoms with Crippen LogP contribution in [0.15, 0.2) is 18.3 Å². The van der Waals surface area contributed by atoms with E-state index < -0.39 is 0 Å². The van der Waals surface area contributed by atoms with E-state index in [4.69, 9.17) is 17.3 Å². The molecule has 0 fully saturated rings. The smallest absolute Gasteiger partial charge is 0.0850 e. The Morgan fingerprint density at radius 2 is 2.15 bits per heavy atom. The molecule has 2 heterocycles. The van der Waals surface area contributed by atoms with Crippen LogP contribution < -0.4 is 5.73 Å². The van der Waals surface area contributed by atoms with Crippen molar-refractivity contribution in [3.05, 3.63) is 46.0 Å². The summed E-state index contributed by atoms with van der Waals surface area (Å²) in [5.41, 5.74) is 10.3. The summed E-state index contributed by atoms with van der Waals surface area (Å²) in [6.07, 6.45) is 3.27. The van der Waals surface area contributed by atoms with Crippen molar-refractivity contribution in [3.63, 3.8) is 0 Å². The molecule has 0 saturated carbocycles. The molecule has 1 unspecified atom stereocenters. The van der Waals surface area contributed by atoms with Crippen molar-refractivity contribution in [2.75, 3.05) is 0 Å². The van der Waals surface area contributed by atoms with Crippen LogP contribution in [-0.2, 0) is 19.4 Å². The van der Waals surface area contributed by atoms with Crippen LogP contribution in [0.4, 0.5) is 0 Å². The highest BCUT2D eigenvalue weighted by Gasteiger charge is 2.18. The molecule has 108 valence electrons. The molecule has 2 aromatic rings. The van der Waals surface area contributed by atoms with Gasteiger partial charge in [0.15, 0.2) is 0 Å². The van der Waals surface area contributed by atoms with Gasteiger partial charge in [-0.1, -0.05) is 18.5 Å². The molecule has 0 aliphatic rings. The number of nitrogens with zero attached hydrogens (tertiary/aromatic N) is 3. The van der Waals surface area contributed by atoms with E-state index in [2.05, 4.69) is 23.9 Å². The third-order valence-electron chi connectivity index (χ3n) is 3.42. The van der Waals surface area contributed by atoms with E-state index in [0.29, 0.717) is 6.42 Å². The normalized spacial score (nSPS) is 12.7. The van der Waals surface area contributed by atoms with Crippen molar-refractivity contribution < 1.29 is 0 Å². The van der Waals surface area contributed by atoms with Gasteiger partial charge in [-0.2, -0.15) is 5.10 Å². The predicted molar refractivity (Wildman–Crippen MR) is 81.9 cm³/mol. The minimum Gasteiger partial charge on any atom is -0.322 e. The lowest BCUT2D eigenvalue weighted by molar-refractivity contribution is 0.580. The molecule has 2 rings (SSSR count). The fourth-order valence-electron chi connectivity index (χ4n) is 2.29. The summed E-state index contributed by atoms with van der Waals surface area (Å²) in [5, 5.41) is 5.27. The molecular weight excluding hydrogens is 272 g/mol. The molecular formula is C15H21ClN4. The van der Waals surface area contributed by atoms with Gasteiger partial charge in [-0.05, 0) is 38.0 Å². The summed E-state index contributed by atoms with van der Waals surface area (Å²) in [6.45, 7) is 6.95. The van der Waals surface area contributed by atoms with Crippen molar-refractivity contribution in [3.8, 4) is 0 Å². The van der Waals surface area contributed by atoms with Crippen molar-refractivity contribution in [2.45, 2.75) is 46.2 Å². The Morgan fingerprint density at radius 1 is 1.40 bits per heavy atom. The molecule has 1 atom stereocenters. The zero-order chi connectivity index (χ0) is 14.7. The van der Waals surface area contributed by atoms with Crippen molar-refractivity contribution >= 4 is 11.6 Å². The maximum Gasteiger partial charge on any atom is 0.0850 e. The number of nitrogens with two attached hydrogens (primary N) is 1. The molecule has 0 spiro atoms. The van der Waals surface area contributed by atoms with Crippen LogP contribution in [0.25, 0.3) is 0 Å². The third-order valence-corrected chi connectivity index (χ3v) is 3.86. The van der Waals surface area contributed by atoms with Crippen LogP contribution in [0.3, 0.4) is 0 Å². The fourth-order valence-corrected chi connectivity index (χ4v) is 2.63. The van der Waals surface area contributed by atoms with Crippen LogP contribution in [0.5, 0.6) is 0 Å². The molecule has 0 bridgehead atoms. The van der Waals surface area contributed by atoms with Gasteiger partial charge in [0.2, 0.25) is 0 Å². The zero-order valence-electron chi connectivity index (χ0n) is 12.2. The van der Waals surface area contributed by atoms with Crippen LogP contribution in [0.2, 0.25) is 5.02 Å². The van der Waals surface area contributed by atoms with E-state index in [0.717, 1.165) is 40.6 Å². The van der Waals surface area contributed by atoms with Crippen molar-refractivity contribution in [1.82, 2.24) is 14.8 Å². The van der Waals surface area contributed by atoms with Crippen LogP contribution in [0.1, 0.15) is 42.5 Å². The third kappa shape index (κ3) is 3.02. The summed E-state index contributed by atoms with van der Waals surface area (Å²) in [7, 11) is 0. The molecule has 20 heavy (non-hydrogen) atoms. The molecule has 0 aliphatic heterocycles. The average molecular weight is 293 g/mol. The van der Waals surface area contributed by atoms with E-state index in [1.807, 2.05) is 23.7 Å². The number of halogens is 1. The Labute approximate surface area is 125 Å². The first kappa shape index (κ1) is 15.0. The summed E-state index contributed by atoms with van der Waals surface area (Å²) in [5.74, 6) is 0. The second-order valence-electron chi connectivity index (χ2n) is 4.95. The minimum absolute atomic E-state index is 0.167. The highest BCUT2D eigenvalue weighted by atomic mass is 35.5. The summed E-state index contributed by atoms with van der Waals surface area (Å²) in [4.78, 5) is 4.35. The summed E-state index contributed by atoms with van der Waals surface area (Å²) >= 11 is 6.41. The number of pyridine rings is 1. The average Bonchev–Trinajstić information content (AvgIpc) is 2.75. The maximum atomic E-state index is 6.41. The lowest BCUT2D eigenvalue weighted by Gasteiger charge is -2.13. The van der Waals surface area contributed by atoms with Gasteiger partial charge in [-0.25, -0.2) is 0 Å². The van der Waals surface area contributed by atoms with E-state index >= 15 is 0 Å². The SMILES string of the molecule is CCc1nn(CC)c(CC(N)c2cc(C)ccn2)c1Cl. The predicted octanol–water partition coefficient (Wildman–Crippen LogP) is 3.06. The summed E-state index contributed by atoms with van der Waals surface area (Å²) in [6, 6.07) is 3.82. The quantitative estimate of drug-likeness (QED) is 0.921. The van der Waals surface area contributed by atoms with Crippen LogP contribution >= 0.6 is 11.6 Å². The molecule has 2 aromatic heterocycles.